The number of nitrogens with one attached hydrogen (secondary N) is 1. The van der Waals surface area contributed by atoms with E-state index in [0.29, 0.717) is 12.6 Å². The van der Waals surface area contributed by atoms with Gasteiger partial charge in [0.05, 0.1) is 11.5 Å². The number of carboxylic acid groups (broad SMARTS) is 1. The van der Waals surface area contributed by atoms with E-state index in [1.807, 2.05) is 7.05 Å². The zero-order valence-corrected chi connectivity index (χ0v) is 11.5. The van der Waals surface area contributed by atoms with E-state index in [-0.39, 0.29) is 17.4 Å². The fourth-order valence-electron chi connectivity index (χ4n) is 1.19. The minimum absolute atomic E-state index is 0.0276. The number of hydrogen-bond acceptors (Lipinski definition) is 4. The molecule has 0 aromatic carbocycles. The van der Waals surface area contributed by atoms with Crippen LogP contribution < -0.4 is 5.32 Å². The highest BCUT2D eigenvalue weighted by Gasteiger charge is 2.07. The van der Waals surface area contributed by atoms with Gasteiger partial charge in [0.1, 0.15) is 0 Å². The van der Waals surface area contributed by atoms with Crippen LogP contribution in [0.2, 0.25) is 0 Å². The topological polar surface area (TPSA) is 69.6 Å². The zero-order chi connectivity index (χ0) is 13.3. The molecule has 0 aliphatic carbocycles. The van der Waals surface area contributed by atoms with Gasteiger partial charge in [-0.1, -0.05) is 6.92 Å². The maximum absolute atomic E-state index is 11.3. The van der Waals surface area contributed by atoms with Gasteiger partial charge in [-0.25, -0.2) is 0 Å². The number of carbonyl (C=O) groups excluding carboxylic acids is 1. The molecule has 0 bridgehead atoms. The highest BCUT2D eigenvalue weighted by atomic mass is 32.2. The Morgan fingerprint density at radius 2 is 2.06 bits per heavy atom. The number of amides is 1. The van der Waals surface area contributed by atoms with Crippen molar-refractivity contribution < 1.29 is 14.7 Å². The summed E-state index contributed by atoms with van der Waals surface area (Å²) in [4.78, 5) is 23.7. The first kappa shape index (κ1) is 16.2. The minimum Gasteiger partial charge on any atom is -0.481 e. The van der Waals surface area contributed by atoms with E-state index in [2.05, 4.69) is 24.1 Å². The third-order valence-electron chi connectivity index (χ3n) is 2.59. The number of hydrogen-bond donors (Lipinski definition) is 2. The van der Waals surface area contributed by atoms with Crippen LogP contribution in [0.3, 0.4) is 0 Å². The van der Waals surface area contributed by atoms with Crippen LogP contribution in [0.1, 0.15) is 20.3 Å². The largest absolute Gasteiger partial charge is 0.481 e. The molecule has 0 radical (unpaired) electrons. The lowest BCUT2D eigenvalue weighted by Gasteiger charge is -2.23. The molecule has 1 amide bonds. The van der Waals surface area contributed by atoms with Crippen molar-refractivity contribution in [2.75, 3.05) is 31.6 Å². The average molecular weight is 262 g/mol. The molecule has 17 heavy (non-hydrogen) atoms. The lowest BCUT2D eigenvalue weighted by Crippen LogP contribution is -2.37. The smallest absolute Gasteiger partial charge is 0.313 e. The number of nitrogens with zero attached hydrogens (tertiary/aromatic N) is 1. The number of thioether (sulfide) groups is 1. The van der Waals surface area contributed by atoms with E-state index in [4.69, 9.17) is 5.11 Å². The number of carbonyl (C=O) groups is 2. The second kappa shape index (κ2) is 9.30. The molecular formula is C11H22N2O3S. The lowest BCUT2D eigenvalue weighted by molar-refractivity contribution is -0.133. The second-order valence-corrected chi connectivity index (χ2v) is 4.96. The maximum Gasteiger partial charge on any atom is 0.313 e. The van der Waals surface area contributed by atoms with Crippen molar-refractivity contribution in [1.82, 2.24) is 10.2 Å². The predicted molar refractivity (Wildman–Crippen MR) is 70.4 cm³/mol. The summed E-state index contributed by atoms with van der Waals surface area (Å²) in [6.45, 7) is 5.68. The fraction of sp³-hybridized carbons (Fsp3) is 0.818. The van der Waals surface area contributed by atoms with Gasteiger partial charge in [-0.3, -0.25) is 9.59 Å². The van der Waals surface area contributed by atoms with E-state index < -0.39 is 5.97 Å². The van der Waals surface area contributed by atoms with Crippen molar-refractivity contribution in [3.8, 4) is 0 Å². The summed E-state index contributed by atoms with van der Waals surface area (Å²) in [5.74, 6) is -0.812. The van der Waals surface area contributed by atoms with Crippen LogP contribution in [-0.4, -0.2) is 59.6 Å². The summed E-state index contributed by atoms with van der Waals surface area (Å²) in [6, 6.07) is 0.508. The van der Waals surface area contributed by atoms with Crippen molar-refractivity contribution in [3.05, 3.63) is 0 Å². The van der Waals surface area contributed by atoms with Crippen molar-refractivity contribution in [2.24, 2.45) is 0 Å². The molecule has 5 nitrogen and oxygen atoms in total. The number of carboxylic acids is 1. The molecule has 0 saturated heterocycles. The molecule has 100 valence electrons. The van der Waals surface area contributed by atoms with Gasteiger partial charge >= 0.3 is 5.97 Å². The van der Waals surface area contributed by atoms with Crippen molar-refractivity contribution in [2.45, 2.75) is 26.3 Å². The summed E-state index contributed by atoms with van der Waals surface area (Å²) in [5, 5.41) is 11.2. The van der Waals surface area contributed by atoms with Gasteiger partial charge in [0, 0.05) is 19.1 Å². The summed E-state index contributed by atoms with van der Waals surface area (Å²) in [7, 11) is 2.03. The van der Waals surface area contributed by atoms with E-state index in [0.717, 1.165) is 24.7 Å². The molecule has 0 spiro atoms. The molecule has 0 aromatic rings. The van der Waals surface area contributed by atoms with Gasteiger partial charge in [-0.15, -0.1) is 11.8 Å². The summed E-state index contributed by atoms with van der Waals surface area (Å²) >= 11 is 1.11. The molecule has 6 heteroatoms. The van der Waals surface area contributed by atoms with Crippen molar-refractivity contribution >= 4 is 23.6 Å². The van der Waals surface area contributed by atoms with Crippen LogP contribution in [-0.2, 0) is 9.59 Å². The van der Waals surface area contributed by atoms with E-state index in [1.54, 1.807) is 0 Å². The Morgan fingerprint density at radius 1 is 1.41 bits per heavy atom. The first-order valence-corrected chi connectivity index (χ1v) is 6.89. The summed E-state index contributed by atoms with van der Waals surface area (Å²) in [5.41, 5.74) is 0. The van der Waals surface area contributed by atoms with Gasteiger partial charge in [0.2, 0.25) is 5.91 Å². The molecule has 1 atom stereocenters. The van der Waals surface area contributed by atoms with Crippen LogP contribution in [0.25, 0.3) is 0 Å². The summed E-state index contributed by atoms with van der Waals surface area (Å²) in [6.07, 6.45) is 1.08. The van der Waals surface area contributed by atoms with E-state index in [9.17, 15) is 9.59 Å². The van der Waals surface area contributed by atoms with E-state index >= 15 is 0 Å². The lowest BCUT2D eigenvalue weighted by atomic mass is 10.2. The third kappa shape index (κ3) is 9.00. The first-order valence-electron chi connectivity index (χ1n) is 5.73. The van der Waals surface area contributed by atoms with Gasteiger partial charge < -0.3 is 15.3 Å². The Hall–Kier alpha value is -0.750. The molecule has 0 aromatic heterocycles. The molecule has 0 rings (SSSR count). The van der Waals surface area contributed by atoms with Gasteiger partial charge in [-0.2, -0.15) is 0 Å². The molecule has 0 aliphatic heterocycles. The van der Waals surface area contributed by atoms with Gasteiger partial charge in [-0.05, 0) is 20.4 Å². The third-order valence-corrected chi connectivity index (χ3v) is 3.51. The number of rotatable bonds is 9. The van der Waals surface area contributed by atoms with Crippen LogP contribution in [0.5, 0.6) is 0 Å². The summed E-state index contributed by atoms with van der Waals surface area (Å²) < 4.78 is 0. The van der Waals surface area contributed by atoms with Gasteiger partial charge in [0.15, 0.2) is 0 Å². The van der Waals surface area contributed by atoms with Crippen LogP contribution in [0.4, 0.5) is 0 Å². The van der Waals surface area contributed by atoms with Gasteiger partial charge in [0.25, 0.3) is 0 Å². The average Bonchev–Trinajstić information content (AvgIpc) is 2.27. The zero-order valence-electron chi connectivity index (χ0n) is 10.7. The maximum atomic E-state index is 11.3. The van der Waals surface area contributed by atoms with Crippen LogP contribution >= 0.6 is 11.8 Å². The molecule has 0 heterocycles. The Bertz CT molecular complexity index is 249. The first-order chi connectivity index (χ1) is 7.97. The quantitative estimate of drug-likeness (QED) is 0.638. The molecule has 2 N–H and O–H groups in total. The van der Waals surface area contributed by atoms with E-state index in [1.165, 1.54) is 0 Å². The Morgan fingerprint density at radius 3 is 2.59 bits per heavy atom. The molecule has 0 saturated carbocycles. The highest BCUT2D eigenvalue weighted by molar-refractivity contribution is 8.00. The molecular weight excluding hydrogens is 240 g/mol. The molecule has 1 unspecified atom stereocenters. The van der Waals surface area contributed by atoms with Crippen LogP contribution in [0, 0.1) is 0 Å². The van der Waals surface area contributed by atoms with Crippen LogP contribution in [0.15, 0.2) is 0 Å². The Kier molecular flexibility index (Phi) is 8.89. The monoisotopic (exact) mass is 262 g/mol. The van der Waals surface area contributed by atoms with Crippen molar-refractivity contribution in [1.29, 1.82) is 0 Å². The number of likely N-dealkylation sites (N-methyl/N-ethyl adjacent to an activating group) is 1. The normalized spacial score (nSPS) is 12.5. The highest BCUT2D eigenvalue weighted by Crippen LogP contribution is 1.99. The molecule has 0 aliphatic rings. The Balaban J connectivity index is 3.54. The minimum atomic E-state index is -0.890. The van der Waals surface area contributed by atoms with Crippen molar-refractivity contribution in [3.63, 3.8) is 0 Å². The standard InChI is InChI=1S/C11H22N2O3S/c1-4-9(2)13(3)6-5-12-10(14)7-17-8-11(15)16/h9H,4-8H2,1-3H3,(H,12,14)(H,15,16). The molecule has 0 fully saturated rings. The Labute approximate surface area is 107 Å². The predicted octanol–water partition coefficient (Wildman–Crippen LogP) is 0.651. The second-order valence-electron chi connectivity index (χ2n) is 3.97. The fourth-order valence-corrected chi connectivity index (χ4v) is 1.75. The SMILES string of the molecule is CCC(C)N(C)CCNC(=O)CSCC(=O)O. The number of aliphatic carboxylic acids is 1.